The van der Waals surface area contributed by atoms with Gasteiger partial charge in [0.15, 0.2) is 5.82 Å². The summed E-state index contributed by atoms with van der Waals surface area (Å²) in [5, 5.41) is 6.38. The van der Waals surface area contributed by atoms with Gasteiger partial charge in [-0.3, -0.25) is 9.59 Å². The van der Waals surface area contributed by atoms with Crippen LogP contribution in [-0.2, 0) is 9.59 Å². The summed E-state index contributed by atoms with van der Waals surface area (Å²) in [6, 6.07) is 1.65. The van der Waals surface area contributed by atoms with E-state index in [9.17, 15) is 9.59 Å². The molecule has 116 valence electrons. The first-order valence-corrected chi connectivity index (χ1v) is 7.47. The average molecular weight is 293 g/mol. The molecule has 0 aliphatic heterocycles. The topological polar surface area (TPSA) is 75.4 Å². The van der Waals surface area contributed by atoms with Crippen molar-refractivity contribution < 1.29 is 14.1 Å². The third kappa shape index (κ3) is 4.31. The SMILES string of the molecule is Cc1cc(NC(=O)CN(CC(C)C)C(=O)C2CCC2)no1. The molecule has 0 radical (unpaired) electrons. The number of anilines is 1. The number of carbonyl (C=O) groups is 2. The van der Waals surface area contributed by atoms with Crippen molar-refractivity contribution in [3.63, 3.8) is 0 Å². The van der Waals surface area contributed by atoms with Crippen molar-refractivity contribution in [2.45, 2.75) is 40.0 Å². The maximum atomic E-state index is 12.4. The monoisotopic (exact) mass is 293 g/mol. The van der Waals surface area contributed by atoms with Gasteiger partial charge in [0.2, 0.25) is 11.8 Å². The third-order valence-corrected chi connectivity index (χ3v) is 3.58. The minimum Gasteiger partial charge on any atom is -0.360 e. The second kappa shape index (κ2) is 6.74. The normalized spacial score (nSPS) is 14.9. The van der Waals surface area contributed by atoms with Crippen LogP contribution >= 0.6 is 0 Å². The van der Waals surface area contributed by atoms with Gasteiger partial charge in [-0.05, 0) is 25.7 Å². The van der Waals surface area contributed by atoms with Gasteiger partial charge in [-0.1, -0.05) is 25.4 Å². The van der Waals surface area contributed by atoms with Crippen LogP contribution in [0, 0.1) is 18.8 Å². The van der Waals surface area contributed by atoms with Crippen molar-refractivity contribution in [2.75, 3.05) is 18.4 Å². The Hall–Kier alpha value is -1.85. The fourth-order valence-electron chi connectivity index (χ4n) is 2.37. The van der Waals surface area contributed by atoms with Crippen LogP contribution in [-0.4, -0.2) is 35.0 Å². The lowest BCUT2D eigenvalue weighted by Crippen LogP contribution is -2.44. The van der Waals surface area contributed by atoms with E-state index in [-0.39, 0.29) is 24.3 Å². The minimum atomic E-state index is -0.239. The number of aryl methyl sites for hydroxylation is 1. The van der Waals surface area contributed by atoms with Crippen molar-refractivity contribution in [3.05, 3.63) is 11.8 Å². The molecule has 0 atom stereocenters. The Labute approximate surface area is 124 Å². The van der Waals surface area contributed by atoms with E-state index in [1.54, 1.807) is 17.9 Å². The van der Waals surface area contributed by atoms with Crippen LogP contribution in [0.1, 0.15) is 38.9 Å². The molecular formula is C15H23N3O3. The Balaban J connectivity index is 1.93. The summed E-state index contributed by atoms with van der Waals surface area (Å²) in [5.74, 6) is 1.31. The summed E-state index contributed by atoms with van der Waals surface area (Å²) >= 11 is 0. The molecule has 1 N–H and O–H groups in total. The number of rotatable bonds is 6. The van der Waals surface area contributed by atoms with Crippen LogP contribution in [0.5, 0.6) is 0 Å². The number of nitrogens with one attached hydrogen (secondary N) is 1. The summed E-state index contributed by atoms with van der Waals surface area (Å²) in [5.41, 5.74) is 0. The molecular weight excluding hydrogens is 270 g/mol. The summed E-state index contributed by atoms with van der Waals surface area (Å²) in [7, 11) is 0. The maximum Gasteiger partial charge on any atom is 0.245 e. The van der Waals surface area contributed by atoms with Crippen molar-refractivity contribution in [2.24, 2.45) is 11.8 Å². The van der Waals surface area contributed by atoms with Crippen LogP contribution in [0.15, 0.2) is 10.6 Å². The quantitative estimate of drug-likeness (QED) is 0.872. The first-order valence-electron chi connectivity index (χ1n) is 7.47. The van der Waals surface area contributed by atoms with Gasteiger partial charge >= 0.3 is 0 Å². The molecule has 1 heterocycles. The molecule has 1 saturated carbocycles. The van der Waals surface area contributed by atoms with E-state index in [4.69, 9.17) is 4.52 Å². The van der Waals surface area contributed by atoms with Gasteiger partial charge in [0, 0.05) is 18.5 Å². The van der Waals surface area contributed by atoms with Gasteiger partial charge in [-0.2, -0.15) is 0 Å². The number of nitrogens with zero attached hydrogens (tertiary/aromatic N) is 2. The maximum absolute atomic E-state index is 12.4. The fraction of sp³-hybridized carbons (Fsp3) is 0.667. The van der Waals surface area contributed by atoms with Gasteiger partial charge in [-0.25, -0.2) is 0 Å². The Morgan fingerprint density at radius 2 is 2.19 bits per heavy atom. The highest BCUT2D eigenvalue weighted by Crippen LogP contribution is 2.28. The van der Waals surface area contributed by atoms with Crippen LogP contribution in [0.2, 0.25) is 0 Å². The molecule has 0 unspecified atom stereocenters. The Kier molecular flexibility index (Phi) is 4.98. The first kappa shape index (κ1) is 15.5. The third-order valence-electron chi connectivity index (χ3n) is 3.58. The zero-order valence-electron chi connectivity index (χ0n) is 12.9. The number of carbonyl (C=O) groups excluding carboxylic acids is 2. The lowest BCUT2D eigenvalue weighted by atomic mass is 9.84. The molecule has 1 fully saturated rings. The Morgan fingerprint density at radius 1 is 1.48 bits per heavy atom. The number of hydrogen-bond donors (Lipinski definition) is 1. The van der Waals surface area contributed by atoms with Gasteiger partial charge in [0.1, 0.15) is 5.76 Å². The highest BCUT2D eigenvalue weighted by molar-refractivity contribution is 5.94. The first-order chi connectivity index (χ1) is 9.95. The standard InChI is InChI=1S/C15H23N3O3/c1-10(2)8-18(15(20)12-5-4-6-12)9-14(19)16-13-7-11(3)21-17-13/h7,10,12H,4-6,8-9H2,1-3H3,(H,16,17,19). The Morgan fingerprint density at radius 3 is 2.67 bits per heavy atom. The smallest absolute Gasteiger partial charge is 0.245 e. The van der Waals surface area contributed by atoms with E-state index in [0.29, 0.717) is 24.0 Å². The van der Waals surface area contributed by atoms with Crippen LogP contribution in [0.25, 0.3) is 0 Å². The second-order valence-electron chi connectivity index (χ2n) is 6.11. The molecule has 0 saturated heterocycles. The summed E-state index contributed by atoms with van der Waals surface area (Å²) in [6.45, 7) is 6.51. The largest absolute Gasteiger partial charge is 0.360 e. The van der Waals surface area contributed by atoms with Crippen molar-refractivity contribution in [1.29, 1.82) is 0 Å². The summed E-state index contributed by atoms with van der Waals surface area (Å²) < 4.78 is 4.90. The molecule has 6 heteroatoms. The molecule has 1 aliphatic rings. The lowest BCUT2D eigenvalue weighted by Gasteiger charge is -2.32. The van der Waals surface area contributed by atoms with E-state index in [0.717, 1.165) is 19.3 Å². The molecule has 1 aromatic heterocycles. The van der Waals surface area contributed by atoms with E-state index in [1.807, 2.05) is 13.8 Å². The molecule has 0 spiro atoms. The van der Waals surface area contributed by atoms with Gasteiger partial charge in [0.05, 0.1) is 6.54 Å². The zero-order valence-corrected chi connectivity index (χ0v) is 12.9. The number of aromatic nitrogens is 1. The molecule has 0 bridgehead atoms. The predicted molar refractivity (Wildman–Crippen MR) is 78.6 cm³/mol. The number of amides is 2. The molecule has 1 aliphatic carbocycles. The van der Waals surface area contributed by atoms with E-state index < -0.39 is 0 Å². The molecule has 0 aromatic carbocycles. The highest BCUT2D eigenvalue weighted by atomic mass is 16.5. The molecule has 21 heavy (non-hydrogen) atoms. The van der Waals surface area contributed by atoms with Gasteiger partial charge in [-0.15, -0.1) is 0 Å². The predicted octanol–water partition coefficient (Wildman–Crippen LogP) is 2.21. The van der Waals surface area contributed by atoms with Gasteiger partial charge < -0.3 is 14.7 Å². The second-order valence-corrected chi connectivity index (χ2v) is 6.11. The zero-order chi connectivity index (χ0) is 15.4. The lowest BCUT2D eigenvalue weighted by molar-refractivity contribution is -0.141. The molecule has 6 nitrogen and oxygen atoms in total. The Bertz CT molecular complexity index is 506. The van der Waals surface area contributed by atoms with Crippen LogP contribution in [0.3, 0.4) is 0 Å². The molecule has 1 aromatic rings. The van der Waals surface area contributed by atoms with Gasteiger partial charge in [0.25, 0.3) is 0 Å². The van der Waals surface area contributed by atoms with E-state index in [1.165, 1.54) is 0 Å². The summed E-state index contributed by atoms with van der Waals surface area (Å²) in [4.78, 5) is 26.1. The van der Waals surface area contributed by atoms with Crippen molar-refractivity contribution in [1.82, 2.24) is 10.1 Å². The van der Waals surface area contributed by atoms with Crippen molar-refractivity contribution in [3.8, 4) is 0 Å². The molecule has 2 amide bonds. The van der Waals surface area contributed by atoms with E-state index >= 15 is 0 Å². The fourth-order valence-corrected chi connectivity index (χ4v) is 2.37. The van der Waals surface area contributed by atoms with Crippen LogP contribution in [0.4, 0.5) is 5.82 Å². The molecule has 2 rings (SSSR count). The van der Waals surface area contributed by atoms with Crippen LogP contribution < -0.4 is 5.32 Å². The summed E-state index contributed by atoms with van der Waals surface area (Å²) in [6.07, 6.45) is 2.99. The van der Waals surface area contributed by atoms with E-state index in [2.05, 4.69) is 10.5 Å². The number of hydrogen-bond acceptors (Lipinski definition) is 4. The van der Waals surface area contributed by atoms with Crippen molar-refractivity contribution >= 4 is 17.6 Å². The minimum absolute atomic E-state index is 0.0689. The highest BCUT2D eigenvalue weighted by Gasteiger charge is 2.30. The average Bonchev–Trinajstić information content (AvgIpc) is 2.70.